The Labute approximate surface area is 60.3 Å². The normalized spacial score (nSPS) is 9.44. The Morgan fingerprint density at radius 3 is 3.00 bits per heavy atom. The van der Waals surface area contributed by atoms with Crippen molar-refractivity contribution >= 4 is 15.9 Å². The molecule has 1 rings (SSSR count). The lowest BCUT2D eigenvalue weighted by Gasteiger charge is -1.89. The van der Waals surface area contributed by atoms with Gasteiger partial charge in [-0.3, -0.25) is 0 Å². The first kappa shape index (κ1) is 6.48. The van der Waals surface area contributed by atoms with Crippen molar-refractivity contribution in [2.75, 3.05) is 0 Å². The van der Waals surface area contributed by atoms with E-state index in [1.54, 1.807) is 6.07 Å². The molecule has 0 aromatic carbocycles. The SMILES string of the molecule is O=c1nccc(CBr)[nH]1. The standard InChI is InChI=1S/C5H5BrN2O/c6-3-4-1-2-7-5(9)8-4/h1-2H,3H2,(H,7,8,9). The molecular weight excluding hydrogens is 184 g/mol. The Balaban J connectivity index is 3.08. The maximum absolute atomic E-state index is 10.5. The number of aromatic amines is 1. The molecule has 1 aromatic heterocycles. The van der Waals surface area contributed by atoms with E-state index in [0.717, 1.165) is 5.69 Å². The van der Waals surface area contributed by atoms with E-state index in [4.69, 9.17) is 0 Å². The molecule has 0 spiro atoms. The fourth-order valence-electron chi connectivity index (χ4n) is 0.484. The number of hydrogen-bond acceptors (Lipinski definition) is 2. The highest BCUT2D eigenvalue weighted by atomic mass is 79.9. The Morgan fingerprint density at radius 1 is 1.78 bits per heavy atom. The van der Waals surface area contributed by atoms with Crippen LogP contribution in [0, 0.1) is 0 Å². The van der Waals surface area contributed by atoms with Gasteiger partial charge in [-0.05, 0) is 6.07 Å². The van der Waals surface area contributed by atoms with Crippen LogP contribution in [-0.4, -0.2) is 9.97 Å². The molecule has 0 amide bonds. The van der Waals surface area contributed by atoms with Crippen LogP contribution in [0.25, 0.3) is 0 Å². The predicted molar refractivity (Wildman–Crippen MR) is 37.5 cm³/mol. The molecule has 0 saturated heterocycles. The maximum atomic E-state index is 10.5. The predicted octanol–water partition coefficient (Wildman–Crippen LogP) is 0.665. The van der Waals surface area contributed by atoms with Crippen molar-refractivity contribution in [2.24, 2.45) is 0 Å². The van der Waals surface area contributed by atoms with Gasteiger partial charge in [0, 0.05) is 17.2 Å². The van der Waals surface area contributed by atoms with Crippen LogP contribution in [0.15, 0.2) is 17.1 Å². The average Bonchev–Trinajstić information content (AvgIpc) is 1.88. The zero-order valence-corrected chi connectivity index (χ0v) is 6.18. The summed E-state index contributed by atoms with van der Waals surface area (Å²) in [6.45, 7) is 0. The third-order valence-electron chi connectivity index (χ3n) is 0.879. The van der Waals surface area contributed by atoms with Crippen LogP contribution in [0.4, 0.5) is 0 Å². The molecule has 0 unspecified atom stereocenters. The van der Waals surface area contributed by atoms with E-state index >= 15 is 0 Å². The van der Waals surface area contributed by atoms with Gasteiger partial charge >= 0.3 is 5.69 Å². The van der Waals surface area contributed by atoms with Crippen LogP contribution in [-0.2, 0) is 5.33 Å². The van der Waals surface area contributed by atoms with Gasteiger partial charge in [-0.25, -0.2) is 9.78 Å². The molecule has 4 heteroatoms. The van der Waals surface area contributed by atoms with Gasteiger partial charge < -0.3 is 4.98 Å². The van der Waals surface area contributed by atoms with E-state index in [1.807, 2.05) is 0 Å². The number of alkyl halides is 1. The van der Waals surface area contributed by atoms with Crippen LogP contribution < -0.4 is 5.69 Å². The second-order valence-corrected chi connectivity index (χ2v) is 2.09. The van der Waals surface area contributed by atoms with Crippen molar-refractivity contribution in [3.8, 4) is 0 Å². The molecular formula is C5H5BrN2O. The number of rotatable bonds is 1. The largest absolute Gasteiger partial charge is 0.345 e. The summed E-state index contributed by atoms with van der Waals surface area (Å²) >= 11 is 3.19. The minimum absolute atomic E-state index is 0.299. The lowest BCUT2D eigenvalue weighted by molar-refractivity contribution is 1.02. The first-order valence-electron chi connectivity index (χ1n) is 2.43. The van der Waals surface area contributed by atoms with Crippen molar-refractivity contribution in [3.05, 3.63) is 28.4 Å². The second-order valence-electron chi connectivity index (χ2n) is 1.53. The van der Waals surface area contributed by atoms with Gasteiger partial charge in [-0.15, -0.1) is 0 Å². The van der Waals surface area contributed by atoms with Crippen LogP contribution in [0.5, 0.6) is 0 Å². The van der Waals surface area contributed by atoms with Crippen LogP contribution in [0.1, 0.15) is 5.69 Å². The number of H-pyrrole nitrogens is 1. The number of halogens is 1. The van der Waals surface area contributed by atoms with Crippen LogP contribution in [0.2, 0.25) is 0 Å². The van der Waals surface area contributed by atoms with Gasteiger partial charge in [-0.2, -0.15) is 0 Å². The molecule has 0 fully saturated rings. The monoisotopic (exact) mass is 188 g/mol. The maximum Gasteiger partial charge on any atom is 0.345 e. The molecule has 1 aromatic rings. The van der Waals surface area contributed by atoms with Gasteiger partial charge in [-0.1, -0.05) is 15.9 Å². The summed E-state index contributed by atoms with van der Waals surface area (Å²) in [6, 6.07) is 1.75. The first-order chi connectivity index (χ1) is 4.33. The Morgan fingerprint density at radius 2 is 2.56 bits per heavy atom. The smallest absolute Gasteiger partial charge is 0.309 e. The van der Waals surface area contributed by atoms with E-state index in [2.05, 4.69) is 25.9 Å². The topological polar surface area (TPSA) is 45.8 Å². The summed E-state index contributed by atoms with van der Waals surface area (Å²) in [6.07, 6.45) is 1.48. The van der Waals surface area contributed by atoms with Crippen molar-refractivity contribution < 1.29 is 0 Å². The Kier molecular flexibility index (Phi) is 2.00. The average molecular weight is 189 g/mol. The van der Waals surface area contributed by atoms with Crippen molar-refractivity contribution in [3.63, 3.8) is 0 Å². The lowest BCUT2D eigenvalue weighted by Crippen LogP contribution is -2.10. The summed E-state index contributed by atoms with van der Waals surface area (Å²) < 4.78 is 0. The van der Waals surface area contributed by atoms with E-state index in [0.29, 0.717) is 5.33 Å². The third-order valence-corrected chi connectivity index (χ3v) is 1.48. The Hall–Kier alpha value is -0.640. The van der Waals surface area contributed by atoms with Crippen molar-refractivity contribution in [2.45, 2.75) is 5.33 Å². The van der Waals surface area contributed by atoms with E-state index in [-0.39, 0.29) is 5.69 Å². The third kappa shape index (κ3) is 1.64. The summed E-state index contributed by atoms with van der Waals surface area (Å²) in [5.74, 6) is 0. The van der Waals surface area contributed by atoms with Gasteiger partial charge in [0.1, 0.15) is 0 Å². The minimum atomic E-state index is -0.299. The summed E-state index contributed by atoms with van der Waals surface area (Å²) in [5, 5.41) is 0.658. The minimum Gasteiger partial charge on any atom is -0.309 e. The molecule has 0 aliphatic heterocycles. The molecule has 0 bridgehead atoms. The van der Waals surface area contributed by atoms with Crippen molar-refractivity contribution in [1.82, 2.24) is 9.97 Å². The van der Waals surface area contributed by atoms with Gasteiger partial charge in [0.2, 0.25) is 0 Å². The van der Waals surface area contributed by atoms with E-state index < -0.39 is 0 Å². The van der Waals surface area contributed by atoms with E-state index in [1.165, 1.54) is 6.20 Å². The summed E-state index contributed by atoms with van der Waals surface area (Å²) in [7, 11) is 0. The molecule has 1 N–H and O–H groups in total. The molecule has 0 radical (unpaired) electrons. The highest BCUT2D eigenvalue weighted by molar-refractivity contribution is 9.08. The fraction of sp³-hybridized carbons (Fsp3) is 0.200. The van der Waals surface area contributed by atoms with Gasteiger partial charge in [0.05, 0.1) is 0 Å². The number of hydrogen-bond donors (Lipinski definition) is 1. The Bertz CT molecular complexity index is 245. The van der Waals surface area contributed by atoms with Crippen molar-refractivity contribution in [1.29, 1.82) is 0 Å². The lowest BCUT2D eigenvalue weighted by atomic mass is 10.5. The number of nitrogens with one attached hydrogen (secondary N) is 1. The van der Waals surface area contributed by atoms with Crippen LogP contribution in [0.3, 0.4) is 0 Å². The molecule has 1 heterocycles. The van der Waals surface area contributed by atoms with Gasteiger partial charge in [0.15, 0.2) is 0 Å². The summed E-state index contributed by atoms with van der Waals surface area (Å²) in [5.41, 5.74) is 0.543. The zero-order chi connectivity index (χ0) is 6.69. The van der Waals surface area contributed by atoms with Crippen LogP contribution >= 0.6 is 15.9 Å². The zero-order valence-electron chi connectivity index (χ0n) is 4.60. The molecule has 0 saturated carbocycles. The van der Waals surface area contributed by atoms with E-state index in [9.17, 15) is 4.79 Å². The number of nitrogens with zero attached hydrogens (tertiary/aromatic N) is 1. The highest BCUT2D eigenvalue weighted by Crippen LogP contribution is 1.94. The quantitative estimate of drug-likeness (QED) is 0.659. The molecule has 9 heavy (non-hydrogen) atoms. The molecule has 0 aliphatic rings. The molecule has 48 valence electrons. The highest BCUT2D eigenvalue weighted by Gasteiger charge is 1.87. The second kappa shape index (κ2) is 2.77. The summed E-state index contributed by atoms with van der Waals surface area (Å²) in [4.78, 5) is 16.5. The fourth-order valence-corrected chi connectivity index (χ4v) is 0.811. The molecule has 0 atom stereocenters. The molecule has 0 aliphatic carbocycles. The first-order valence-corrected chi connectivity index (χ1v) is 3.55. The van der Waals surface area contributed by atoms with Gasteiger partial charge in [0.25, 0.3) is 0 Å². The molecule has 3 nitrogen and oxygen atoms in total. The number of aromatic nitrogens is 2.